The van der Waals surface area contributed by atoms with Crippen molar-refractivity contribution in [2.24, 2.45) is 0 Å². The third kappa shape index (κ3) is 4.80. The fourth-order valence-electron chi connectivity index (χ4n) is 3.17. The van der Waals surface area contributed by atoms with Crippen molar-refractivity contribution in [3.63, 3.8) is 0 Å². The summed E-state index contributed by atoms with van der Waals surface area (Å²) in [6.45, 7) is 0.359. The van der Waals surface area contributed by atoms with Crippen LogP contribution in [0.3, 0.4) is 0 Å². The Labute approximate surface area is 188 Å². The Morgan fingerprint density at radius 3 is 2.62 bits per heavy atom. The van der Waals surface area contributed by atoms with E-state index in [0.717, 1.165) is 11.1 Å². The fraction of sp³-hybridized carbons (Fsp3) is 0.0833. The molecule has 0 aliphatic heterocycles. The van der Waals surface area contributed by atoms with E-state index in [9.17, 15) is 9.18 Å². The van der Waals surface area contributed by atoms with Gasteiger partial charge in [0.15, 0.2) is 0 Å². The first-order chi connectivity index (χ1) is 15.5. The number of hydrogen-bond acceptors (Lipinski definition) is 5. The van der Waals surface area contributed by atoms with Gasteiger partial charge in [0.25, 0.3) is 0 Å². The number of rotatable bonds is 7. The lowest BCUT2D eigenvalue weighted by Crippen LogP contribution is -2.36. The van der Waals surface area contributed by atoms with Crippen molar-refractivity contribution in [2.75, 3.05) is 7.11 Å². The third-order valence-electron chi connectivity index (χ3n) is 4.80. The van der Waals surface area contributed by atoms with Gasteiger partial charge >= 0.3 is 5.91 Å². The van der Waals surface area contributed by atoms with Gasteiger partial charge in [-0.3, -0.25) is 10.2 Å². The lowest BCUT2D eigenvalue weighted by molar-refractivity contribution is 0.0895. The minimum atomic E-state index is -0.462. The van der Waals surface area contributed by atoms with Crippen LogP contribution in [0.5, 0.6) is 5.75 Å². The second-order valence-electron chi connectivity index (χ2n) is 6.91. The van der Waals surface area contributed by atoms with Gasteiger partial charge in [-0.15, -0.1) is 0 Å². The quantitative estimate of drug-likeness (QED) is 0.375. The highest BCUT2D eigenvalue weighted by atomic mass is 35.5. The summed E-state index contributed by atoms with van der Waals surface area (Å²) in [6, 6.07) is 20.6. The predicted molar refractivity (Wildman–Crippen MR) is 120 cm³/mol. The third-order valence-corrected chi connectivity index (χ3v) is 5.04. The average molecular weight is 452 g/mol. The highest BCUT2D eigenvalue weighted by molar-refractivity contribution is 6.30. The molecule has 6 nitrogen and oxygen atoms in total. The monoisotopic (exact) mass is 451 g/mol. The number of nitrogens with zero attached hydrogens (tertiary/aromatic N) is 1. The number of methoxy groups -OCH3 is 1. The van der Waals surface area contributed by atoms with E-state index in [-0.39, 0.29) is 11.6 Å². The summed E-state index contributed by atoms with van der Waals surface area (Å²) >= 11 is 5.96. The summed E-state index contributed by atoms with van der Waals surface area (Å²) in [7, 11) is 1.56. The average Bonchev–Trinajstić information content (AvgIpc) is 3.31. The normalized spacial score (nSPS) is 10.7. The maximum Gasteiger partial charge on any atom is 0.303 e. The molecule has 0 saturated carbocycles. The Bertz CT molecular complexity index is 1240. The first kappa shape index (κ1) is 21.5. The van der Waals surface area contributed by atoms with Crippen LogP contribution >= 0.6 is 11.6 Å². The van der Waals surface area contributed by atoms with Crippen LogP contribution in [0.2, 0.25) is 5.02 Å². The molecule has 0 aliphatic carbocycles. The van der Waals surface area contributed by atoms with Crippen LogP contribution < -0.4 is 15.6 Å². The Morgan fingerprint density at radius 1 is 1.06 bits per heavy atom. The van der Waals surface area contributed by atoms with Gasteiger partial charge in [-0.2, -0.15) is 0 Å². The number of aromatic nitrogens is 1. The standard InChI is InChI=1S/C24H19ClFN3O3/c1-31-22-5-3-2-4-18(22)21-13-23(32-29-21)24(30)28-27-14-15-6-8-16(9-7-15)19-12-17(25)10-11-20(19)26/h2-13,27H,14H2,1H3,(H,28,30). The van der Waals surface area contributed by atoms with Crippen LogP contribution in [0.15, 0.2) is 77.3 Å². The number of nitrogens with one attached hydrogen (secondary N) is 2. The molecule has 0 fully saturated rings. The number of para-hydroxylation sites is 1. The zero-order valence-corrected chi connectivity index (χ0v) is 17.8. The van der Waals surface area contributed by atoms with Gasteiger partial charge < -0.3 is 9.26 Å². The molecule has 162 valence electrons. The molecule has 0 aliphatic rings. The molecule has 0 bridgehead atoms. The maximum atomic E-state index is 14.0. The molecule has 2 N–H and O–H groups in total. The first-order valence-corrected chi connectivity index (χ1v) is 10.1. The molecule has 4 rings (SSSR count). The van der Waals surface area contributed by atoms with E-state index in [2.05, 4.69) is 16.0 Å². The lowest BCUT2D eigenvalue weighted by atomic mass is 10.0. The molecule has 8 heteroatoms. The minimum absolute atomic E-state index is 0.0604. The molecule has 1 aromatic heterocycles. The van der Waals surface area contributed by atoms with Crippen LogP contribution in [-0.4, -0.2) is 18.2 Å². The van der Waals surface area contributed by atoms with Crippen molar-refractivity contribution in [3.8, 4) is 28.1 Å². The van der Waals surface area contributed by atoms with Crippen molar-refractivity contribution in [3.05, 3.63) is 95.0 Å². The SMILES string of the molecule is COc1ccccc1-c1cc(C(=O)NNCc2ccc(-c3cc(Cl)ccc3F)cc2)on1. The van der Waals surface area contributed by atoms with E-state index in [1.807, 2.05) is 30.3 Å². The number of hydrogen-bond donors (Lipinski definition) is 2. The van der Waals surface area contributed by atoms with Crippen molar-refractivity contribution in [2.45, 2.75) is 6.54 Å². The highest BCUT2D eigenvalue weighted by Gasteiger charge is 2.16. The Balaban J connectivity index is 1.35. The van der Waals surface area contributed by atoms with Crippen molar-refractivity contribution < 1.29 is 18.4 Å². The largest absolute Gasteiger partial charge is 0.496 e. The lowest BCUT2D eigenvalue weighted by Gasteiger charge is -2.08. The molecule has 32 heavy (non-hydrogen) atoms. The summed E-state index contributed by atoms with van der Waals surface area (Å²) in [5.74, 6) is -0.111. The zero-order chi connectivity index (χ0) is 22.5. The summed E-state index contributed by atoms with van der Waals surface area (Å²) in [4.78, 5) is 12.3. The number of halogens is 2. The molecule has 0 spiro atoms. The van der Waals surface area contributed by atoms with E-state index in [4.69, 9.17) is 20.9 Å². The van der Waals surface area contributed by atoms with Gasteiger partial charge in [-0.1, -0.05) is 53.2 Å². The van der Waals surface area contributed by atoms with Crippen LogP contribution in [0.1, 0.15) is 16.1 Å². The van der Waals surface area contributed by atoms with Gasteiger partial charge in [0.2, 0.25) is 5.76 Å². The highest BCUT2D eigenvalue weighted by Crippen LogP contribution is 2.29. The van der Waals surface area contributed by atoms with E-state index >= 15 is 0 Å². The van der Waals surface area contributed by atoms with Gasteiger partial charge in [0, 0.05) is 28.8 Å². The molecule has 3 aromatic carbocycles. The molecule has 1 amide bonds. The van der Waals surface area contributed by atoms with E-state index < -0.39 is 5.91 Å². The number of amides is 1. The Kier molecular flexibility index (Phi) is 6.49. The van der Waals surface area contributed by atoms with Gasteiger partial charge in [-0.25, -0.2) is 9.82 Å². The number of benzene rings is 3. The van der Waals surface area contributed by atoms with Crippen molar-refractivity contribution >= 4 is 17.5 Å². The number of carbonyl (C=O) groups excluding carboxylic acids is 1. The number of ether oxygens (including phenoxy) is 1. The van der Waals surface area contributed by atoms with Crippen LogP contribution in [0.4, 0.5) is 4.39 Å². The maximum absolute atomic E-state index is 14.0. The van der Waals surface area contributed by atoms with Crippen LogP contribution in [0, 0.1) is 5.82 Å². The molecule has 0 atom stereocenters. The summed E-state index contributed by atoms with van der Waals surface area (Å²) in [6.07, 6.45) is 0. The summed E-state index contributed by atoms with van der Waals surface area (Å²) < 4.78 is 24.5. The van der Waals surface area contributed by atoms with Crippen LogP contribution in [0.25, 0.3) is 22.4 Å². The predicted octanol–water partition coefficient (Wildman–Crippen LogP) is 5.24. The Hall–Kier alpha value is -3.68. The number of carbonyl (C=O) groups is 1. The molecule has 0 radical (unpaired) electrons. The minimum Gasteiger partial charge on any atom is -0.496 e. The molecule has 1 heterocycles. The van der Waals surface area contributed by atoms with E-state index in [0.29, 0.717) is 34.1 Å². The summed E-state index contributed by atoms with van der Waals surface area (Å²) in [5.41, 5.74) is 8.67. The zero-order valence-electron chi connectivity index (χ0n) is 17.1. The molecule has 0 unspecified atom stereocenters. The van der Waals surface area contributed by atoms with Gasteiger partial charge in [-0.05, 0) is 41.5 Å². The summed E-state index contributed by atoms with van der Waals surface area (Å²) in [5, 5.41) is 4.42. The molecular weight excluding hydrogens is 433 g/mol. The molecule has 4 aromatic rings. The van der Waals surface area contributed by atoms with Gasteiger partial charge in [0.1, 0.15) is 17.3 Å². The molecular formula is C24H19ClFN3O3. The smallest absolute Gasteiger partial charge is 0.303 e. The van der Waals surface area contributed by atoms with Crippen molar-refractivity contribution in [1.82, 2.24) is 16.0 Å². The van der Waals surface area contributed by atoms with E-state index in [1.54, 1.807) is 37.4 Å². The second-order valence-corrected chi connectivity index (χ2v) is 7.34. The molecule has 0 saturated heterocycles. The van der Waals surface area contributed by atoms with Crippen molar-refractivity contribution in [1.29, 1.82) is 0 Å². The topological polar surface area (TPSA) is 76.4 Å². The first-order valence-electron chi connectivity index (χ1n) is 9.73. The fourth-order valence-corrected chi connectivity index (χ4v) is 3.35. The Morgan fingerprint density at radius 2 is 1.84 bits per heavy atom. The second kappa shape index (κ2) is 9.64. The number of hydrazine groups is 1. The van der Waals surface area contributed by atoms with Crippen LogP contribution in [-0.2, 0) is 6.54 Å². The van der Waals surface area contributed by atoms with Gasteiger partial charge in [0.05, 0.1) is 7.11 Å². The van der Waals surface area contributed by atoms with E-state index in [1.165, 1.54) is 12.1 Å².